The monoisotopic (exact) mass is 289 g/mol. The first-order valence-electron chi connectivity index (χ1n) is 6.73. The highest BCUT2D eigenvalue weighted by Crippen LogP contribution is 2.21. The Morgan fingerprint density at radius 1 is 1.30 bits per heavy atom. The third-order valence-electron chi connectivity index (χ3n) is 3.27. The zero-order chi connectivity index (χ0) is 14.4. The zero-order valence-electron chi connectivity index (χ0n) is 11.1. The van der Waals surface area contributed by atoms with Gasteiger partial charge in [-0.05, 0) is 31.2 Å². The molecule has 0 radical (unpaired) electrons. The van der Waals surface area contributed by atoms with Crippen molar-refractivity contribution in [3.8, 4) is 0 Å². The molecule has 0 saturated carbocycles. The maximum Gasteiger partial charge on any atom is 0.389 e. The van der Waals surface area contributed by atoms with Crippen molar-refractivity contribution < 1.29 is 17.9 Å². The fraction of sp³-hybridized carbons (Fsp3) is 0.692. The molecule has 1 aromatic heterocycles. The zero-order valence-corrected chi connectivity index (χ0v) is 11.1. The van der Waals surface area contributed by atoms with Gasteiger partial charge in [0.2, 0.25) is 5.95 Å². The Morgan fingerprint density at radius 3 is 2.75 bits per heavy atom. The second-order valence-corrected chi connectivity index (χ2v) is 4.92. The van der Waals surface area contributed by atoms with E-state index in [-0.39, 0.29) is 6.42 Å². The fourth-order valence-electron chi connectivity index (χ4n) is 2.08. The molecule has 0 bridgehead atoms. The first kappa shape index (κ1) is 15.0. The van der Waals surface area contributed by atoms with Crippen molar-refractivity contribution in [2.45, 2.75) is 31.9 Å². The molecule has 2 heterocycles. The van der Waals surface area contributed by atoms with Crippen molar-refractivity contribution in [2.24, 2.45) is 5.92 Å². The first-order valence-corrected chi connectivity index (χ1v) is 6.73. The summed E-state index contributed by atoms with van der Waals surface area (Å²) in [5, 5.41) is 3.09. The molecule has 4 nitrogen and oxygen atoms in total. The average molecular weight is 289 g/mol. The highest BCUT2D eigenvalue weighted by atomic mass is 19.4. The van der Waals surface area contributed by atoms with Gasteiger partial charge in [-0.1, -0.05) is 0 Å². The summed E-state index contributed by atoms with van der Waals surface area (Å²) >= 11 is 0. The molecule has 112 valence electrons. The average Bonchev–Trinajstić information content (AvgIpc) is 2.44. The Balaban J connectivity index is 1.82. The van der Waals surface area contributed by atoms with E-state index in [1.54, 1.807) is 0 Å². The number of halogens is 3. The van der Waals surface area contributed by atoms with Gasteiger partial charge in [-0.15, -0.1) is 0 Å². The third kappa shape index (κ3) is 5.32. The van der Waals surface area contributed by atoms with Crippen molar-refractivity contribution in [1.82, 2.24) is 9.97 Å². The van der Waals surface area contributed by atoms with Crippen molar-refractivity contribution >= 4 is 5.95 Å². The lowest BCUT2D eigenvalue weighted by molar-refractivity contribution is -0.134. The van der Waals surface area contributed by atoms with Crippen LogP contribution in [0.2, 0.25) is 0 Å². The second kappa shape index (κ2) is 6.88. The summed E-state index contributed by atoms with van der Waals surface area (Å²) < 4.78 is 41.8. The molecule has 20 heavy (non-hydrogen) atoms. The van der Waals surface area contributed by atoms with Gasteiger partial charge in [0, 0.05) is 38.1 Å². The molecule has 0 atom stereocenters. The molecule has 0 spiro atoms. The highest BCUT2D eigenvalue weighted by molar-refractivity contribution is 5.25. The Hall–Kier alpha value is -1.37. The molecule has 1 saturated heterocycles. The molecule has 1 fully saturated rings. The smallest absolute Gasteiger partial charge is 0.381 e. The Bertz CT molecular complexity index is 420. The largest absolute Gasteiger partial charge is 0.389 e. The highest BCUT2D eigenvalue weighted by Gasteiger charge is 2.26. The summed E-state index contributed by atoms with van der Waals surface area (Å²) in [7, 11) is 0. The Kier molecular flexibility index (Phi) is 5.17. The minimum Gasteiger partial charge on any atom is -0.381 e. The van der Waals surface area contributed by atoms with Gasteiger partial charge in [0.25, 0.3) is 0 Å². The molecule has 1 N–H and O–H groups in total. The van der Waals surface area contributed by atoms with Crippen LogP contribution < -0.4 is 5.32 Å². The van der Waals surface area contributed by atoms with Crippen molar-refractivity contribution in [2.75, 3.05) is 25.1 Å². The van der Waals surface area contributed by atoms with Crippen LogP contribution in [-0.4, -0.2) is 35.9 Å². The molecule has 1 aromatic rings. The van der Waals surface area contributed by atoms with Crippen LogP contribution in [0, 0.1) is 5.92 Å². The number of nitrogens with zero attached hydrogens (tertiary/aromatic N) is 2. The molecule has 0 aliphatic carbocycles. The van der Waals surface area contributed by atoms with E-state index in [0.717, 1.165) is 32.6 Å². The SMILES string of the molecule is FC(F)(F)CCc1ccnc(NCC2CCOCC2)n1. The maximum absolute atomic E-state index is 12.2. The van der Waals surface area contributed by atoms with Crippen molar-refractivity contribution in [1.29, 1.82) is 0 Å². The topological polar surface area (TPSA) is 47.0 Å². The van der Waals surface area contributed by atoms with Crippen molar-refractivity contribution in [3.63, 3.8) is 0 Å². The molecule has 1 aliphatic rings. The van der Waals surface area contributed by atoms with Gasteiger partial charge in [-0.2, -0.15) is 13.2 Å². The van der Waals surface area contributed by atoms with E-state index in [4.69, 9.17) is 4.74 Å². The lowest BCUT2D eigenvalue weighted by Gasteiger charge is -2.22. The van der Waals surface area contributed by atoms with Gasteiger partial charge in [0.05, 0.1) is 0 Å². The first-order chi connectivity index (χ1) is 9.53. The lowest BCUT2D eigenvalue weighted by Crippen LogP contribution is -2.23. The fourth-order valence-corrected chi connectivity index (χ4v) is 2.08. The van der Waals surface area contributed by atoms with E-state index >= 15 is 0 Å². The predicted octanol–water partition coefficient (Wildman–Crippen LogP) is 2.81. The minimum absolute atomic E-state index is 0.113. The normalized spacial score (nSPS) is 17.1. The van der Waals surface area contributed by atoms with E-state index in [0.29, 0.717) is 17.6 Å². The number of aryl methyl sites for hydroxylation is 1. The molecule has 2 rings (SSSR count). The lowest BCUT2D eigenvalue weighted by atomic mass is 10.0. The van der Waals surface area contributed by atoms with E-state index in [9.17, 15) is 13.2 Å². The van der Waals surface area contributed by atoms with E-state index < -0.39 is 12.6 Å². The summed E-state index contributed by atoms with van der Waals surface area (Å²) in [6.45, 7) is 2.25. The van der Waals surface area contributed by atoms with E-state index in [1.807, 2.05) is 0 Å². The maximum atomic E-state index is 12.2. The van der Waals surface area contributed by atoms with Crippen molar-refractivity contribution in [3.05, 3.63) is 18.0 Å². The summed E-state index contributed by atoms with van der Waals surface area (Å²) in [4.78, 5) is 8.14. The molecular weight excluding hydrogens is 271 g/mol. The second-order valence-electron chi connectivity index (χ2n) is 4.92. The molecule has 7 heteroatoms. The number of rotatable bonds is 5. The van der Waals surface area contributed by atoms with Crippen LogP contribution in [0.3, 0.4) is 0 Å². The van der Waals surface area contributed by atoms with E-state index in [2.05, 4.69) is 15.3 Å². The van der Waals surface area contributed by atoms with Crippen LogP contribution in [0.4, 0.5) is 19.1 Å². The summed E-state index contributed by atoms with van der Waals surface area (Å²) in [6, 6.07) is 1.52. The third-order valence-corrected chi connectivity index (χ3v) is 3.27. The van der Waals surface area contributed by atoms with Gasteiger partial charge >= 0.3 is 6.18 Å². The Labute approximate surface area is 115 Å². The number of hydrogen-bond acceptors (Lipinski definition) is 4. The number of ether oxygens (including phenoxy) is 1. The van der Waals surface area contributed by atoms with Gasteiger partial charge < -0.3 is 10.1 Å². The summed E-state index contributed by atoms with van der Waals surface area (Å²) in [5.41, 5.74) is 0.409. The summed E-state index contributed by atoms with van der Waals surface area (Å²) in [5.74, 6) is 0.905. The number of aromatic nitrogens is 2. The molecule has 0 unspecified atom stereocenters. The van der Waals surface area contributed by atoms with Crippen LogP contribution in [0.15, 0.2) is 12.3 Å². The van der Waals surface area contributed by atoms with Crippen LogP contribution in [-0.2, 0) is 11.2 Å². The number of alkyl halides is 3. The number of anilines is 1. The van der Waals surface area contributed by atoms with Crippen LogP contribution in [0.25, 0.3) is 0 Å². The van der Waals surface area contributed by atoms with Crippen LogP contribution in [0.5, 0.6) is 0 Å². The minimum atomic E-state index is -4.15. The van der Waals surface area contributed by atoms with E-state index in [1.165, 1.54) is 12.3 Å². The standard InChI is InChI=1S/C13H18F3N3O/c14-13(15,16)5-1-11-2-6-17-12(19-11)18-9-10-3-7-20-8-4-10/h2,6,10H,1,3-5,7-9H2,(H,17,18,19). The van der Waals surface area contributed by atoms with Gasteiger partial charge in [0.1, 0.15) is 0 Å². The predicted molar refractivity (Wildman–Crippen MR) is 68.4 cm³/mol. The van der Waals surface area contributed by atoms with Crippen LogP contribution in [0.1, 0.15) is 25.0 Å². The quantitative estimate of drug-likeness (QED) is 0.905. The van der Waals surface area contributed by atoms with Gasteiger partial charge in [-0.25, -0.2) is 9.97 Å². The van der Waals surface area contributed by atoms with Gasteiger partial charge in [-0.3, -0.25) is 0 Å². The summed E-state index contributed by atoms with van der Waals surface area (Å²) in [6.07, 6.45) is -1.66. The molecule has 1 aliphatic heterocycles. The van der Waals surface area contributed by atoms with Crippen LogP contribution >= 0.6 is 0 Å². The molecule has 0 aromatic carbocycles. The molecule has 0 amide bonds. The molecular formula is C13H18F3N3O. The Morgan fingerprint density at radius 2 is 2.05 bits per heavy atom. The number of nitrogens with one attached hydrogen (secondary N) is 1. The van der Waals surface area contributed by atoms with Gasteiger partial charge in [0.15, 0.2) is 0 Å². The number of hydrogen-bond donors (Lipinski definition) is 1.